The maximum atomic E-state index is 12.8. The molecule has 0 amide bonds. The molecule has 0 fully saturated rings. The van der Waals surface area contributed by atoms with Crippen molar-refractivity contribution in [2.24, 2.45) is 0 Å². The third kappa shape index (κ3) is 4.31. The molecule has 142 valence electrons. The molecule has 2 aromatic carbocycles. The first-order chi connectivity index (χ1) is 12.7. The van der Waals surface area contributed by atoms with E-state index in [0.717, 1.165) is 23.8 Å². The van der Waals surface area contributed by atoms with Crippen molar-refractivity contribution < 1.29 is 21.6 Å². The normalized spacial score (nSPS) is 12.3. The summed E-state index contributed by atoms with van der Waals surface area (Å²) in [5.74, 6) is 0.189. The Morgan fingerprint density at radius 3 is 2.48 bits per heavy atom. The molecule has 0 aliphatic carbocycles. The van der Waals surface area contributed by atoms with Crippen LogP contribution in [-0.4, -0.2) is 28.6 Å². The Morgan fingerprint density at radius 1 is 1.11 bits per heavy atom. The van der Waals surface area contributed by atoms with Gasteiger partial charge >= 0.3 is 6.18 Å². The van der Waals surface area contributed by atoms with E-state index >= 15 is 0 Å². The highest BCUT2D eigenvalue weighted by molar-refractivity contribution is 7.89. The molecule has 0 saturated carbocycles. The minimum absolute atomic E-state index is 0.189. The maximum Gasteiger partial charge on any atom is 0.416 e. The predicted molar refractivity (Wildman–Crippen MR) is 89.4 cm³/mol. The van der Waals surface area contributed by atoms with Crippen LogP contribution >= 0.6 is 0 Å². The number of halogens is 3. The lowest BCUT2D eigenvalue weighted by molar-refractivity contribution is -0.137. The largest absolute Gasteiger partial charge is 0.416 e. The summed E-state index contributed by atoms with van der Waals surface area (Å²) in [6.45, 7) is 1.62. The van der Waals surface area contributed by atoms with E-state index in [4.69, 9.17) is 0 Å². The zero-order chi connectivity index (χ0) is 19.7. The van der Waals surface area contributed by atoms with Gasteiger partial charge in [0.2, 0.25) is 10.0 Å². The van der Waals surface area contributed by atoms with Gasteiger partial charge in [0, 0.05) is 0 Å². The van der Waals surface area contributed by atoms with Crippen LogP contribution in [0, 0.1) is 6.92 Å². The smallest absolute Gasteiger partial charge is 0.207 e. The van der Waals surface area contributed by atoms with Crippen LogP contribution in [0.25, 0.3) is 5.69 Å². The molecule has 1 N–H and O–H groups in total. The predicted octanol–water partition coefficient (Wildman–Crippen LogP) is 2.47. The number of nitrogens with one attached hydrogen (secondary N) is 1. The number of hydrogen-bond acceptors (Lipinski definition) is 5. The average Bonchev–Trinajstić information content (AvgIpc) is 3.09. The molecule has 0 saturated heterocycles. The number of tetrazole rings is 1. The van der Waals surface area contributed by atoms with Crippen molar-refractivity contribution in [2.45, 2.75) is 24.5 Å². The third-order valence-electron chi connectivity index (χ3n) is 3.70. The molecule has 0 radical (unpaired) electrons. The lowest BCUT2D eigenvalue weighted by Gasteiger charge is -2.10. The van der Waals surface area contributed by atoms with Gasteiger partial charge in [-0.25, -0.2) is 13.1 Å². The molecule has 0 aliphatic rings. The number of alkyl halides is 3. The van der Waals surface area contributed by atoms with Crippen molar-refractivity contribution in [3.8, 4) is 5.69 Å². The van der Waals surface area contributed by atoms with Crippen molar-refractivity contribution >= 4 is 10.0 Å². The molecule has 0 spiro atoms. The lowest BCUT2D eigenvalue weighted by Crippen LogP contribution is -2.25. The molecule has 1 heterocycles. The van der Waals surface area contributed by atoms with Gasteiger partial charge < -0.3 is 0 Å². The van der Waals surface area contributed by atoms with Crippen molar-refractivity contribution in [3.05, 3.63) is 65.5 Å². The molecular weight excluding hydrogens is 383 g/mol. The lowest BCUT2D eigenvalue weighted by atomic mass is 10.2. The number of sulfonamides is 1. The molecule has 1 aromatic heterocycles. The SMILES string of the molecule is Cc1ccc(-n2nnnc2CNS(=O)(=O)c2cccc(C(F)(F)F)c2)cc1. The molecule has 0 unspecified atom stereocenters. The van der Waals surface area contributed by atoms with Gasteiger partial charge in [-0.1, -0.05) is 23.8 Å². The summed E-state index contributed by atoms with van der Waals surface area (Å²) in [5, 5.41) is 11.1. The summed E-state index contributed by atoms with van der Waals surface area (Å²) in [6.07, 6.45) is -4.64. The molecule has 11 heteroatoms. The Hall–Kier alpha value is -2.79. The molecule has 3 rings (SSSR count). The Balaban J connectivity index is 1.81. The van der Waals surface area contributed by atoms with Gasteiger partial charge in [-0.3, -0.25) is 0 Å². The second-order valence-electron chi connectivity index (χ2n) is 5.69. The molecule has 3 aromatic rings. The van der Waals surface area contributed by atoms with E-state index in [2.05, 4.69) is 20.2 Å². The second-order valence-corrected chi connectivity index (χ2v) is 7.46. The summed E-state index contributed by atoms with van der Waals surface area (Å²) < 4.78 is 66.6. The van der Waals surface area contributed by atoms with E-state index < -0.39 is 26.7 Å². The highest BCUT2D eigenvalue weighted by Gasteiger charge is 2.31. The molecule has 27 heavy (non-hydrogen) atoms. The van der Waals surface area contributed by atoms with E-state index in [1.54, 1.807) is 12.1 Å². The Labute approximate surface area is 152 Å². The van der Waals surface area contributed by atoms with E-state index in [0.29, 0.717) is 11.8 Å². The first-order valence-electron chi connectivity index (χ1n) is 7.68. The van der Waals surface area contributed by atoms with Crippen LogP contribution in [0.4, 0.5) is 13.2 Å². The Bertz CT molecular complexity index is 1050. The fourth-order valence-electron chi connectivity index (χ4n) is 2.28. The third-order valence-corrected chi connectivity index (χ3v) is 5.10. The van der Waals surface area contributed by atoms with E-state index in [9.17, 15) is 21.6 Å². The van der Waals surface area contributed by atoms with E-state index in [1.807, 2.05) is 19.1 Å². The van der Waals surface area contributed by atoms with Crippen molar-refractivity contribution in [1.82, 2.24) is 24.9 Å². The number of benzene rings is 2. The number of nitrogens with zero attached hydrogens (tertiary/aromatic N) is 4. The molecule has 0 bridgehead atoms. The van der Waals surface area contributed by atoms with Crippen LogP contribution < -0.4 is 4.72 Å². The number of rotatable bonds is 5. The topological polar surface area (TPSA) is 89.8 Å². The van der Waals surface area contributed by atoms with Crippen LogP contribution in [0.2, 0.25) is 0 Å². The molecule has 0 atom stereocenters. The quantitative estimate of drug-likeness (QED) is 0.714. The maximum absolute atomic E-state index is 12.8. The summed E-state index contributed by atoms with van der Waals surface area (Å²) >= 11 is 0. The van der Waals surface area contributed by atoms with Crippen LogP contribution in [0.15, 0.2) is 53.4 Å². The minimum Gasteiger partial charge on any atom is -0.207 e. The van der Waals surface area contributed by atoms with E-state index in [-0.39, 0.29) is 12.4 Å². The number of aryl methyl sites for hydroxylation is 1. The fraction of sp³-hybridized carbons (Fsp3) is 0.188. The summed E-state index contributed by atoms with van der Waals surface area (Å²) in [6, 6.07) is 10.7. The van der Waals surface area contributed by atoms with Gasteiger partial charge in [-0.05, 0) is 47.7 Å². The standard InChI is InChI=1S/C16H14F3N5O2S/c1-11-5-7-13(8-6-11)24-15(21-22-23-24)10-20-27(25,26)14-4-2-3-12(9-14)16(17,18)19/h2-9,20H,10H2,1H3. The highest BCUT2D eigenvalue weighted by Crippen LogP contribution is 2.30. The first kappa shape index (κ1) is 19.0. The van der Waals surface area contributed by atoms with Crippen LogP contribution in [-0.2, 0) is 22.7 Å². The van der Waals surface area contributed by atoms with Crippen LogP contribution in [0.1, 0.15) is 17.0 Å². The fourth-order valence-corrected chi connectivity index (χ4v) is 3.31. The molecular formula is C16H14F3N5O2S. The van der Waals surface area contributed by atoms with Crippen molar-refractivity contribution in [3.63, 3.8) is 0 Å². The minimum atomic E-state index is -4.64. The van der Waals surface area contributed by atoms with Crippen LogP contribution in [0.3, 0.4) is 0 Å². The summed E-state index contributed by atoms with van der Waals surface area (Å²) in [4.78, 5) is -0.494. The zero-order valence-electron chi connectivity index (χ0n) is 14.0. The second kappa shape index (κ2) is 7.08. The first-order valence-corrected chi connectivity index (χ1v) is 9.16. The van der Waals surface area contributed by atoms with Gasteiger partial charge in [-0.15, -0.1) is 5.10 Å². The Kier molecular flexibility index (Phi) is 4.98. The van der Waals surface area contributed by atoms with Gasteiger partial charge in [0.1, 0.15) is 0 Å². The zero-order valence-corrected chi connectivity index (χ0v) is 14.8. The van der Waals surface area contributed by atoms with Gasteiger partial charge in [0.25, 0.3) is 0 Å². The number of hydrogen-bond donors (Lipinski definition) is 1. The van der Waals surface area contributed by atoms with Crippen molar-refractivity contribution in [2.75, 3.05) is 0 Å². The Morgan fingerprint density at radius 2 is 1.81 bits per heavy atom. The van der Waals surface area contributed by atoms with E-state index in [1.165, 1.54) is 4.68 Å². The average molecular weight is 397 g/mol. The monoisotopic (exact) mass is 397 g/mol. The van der Waals surface area contributed by atoms with Crippen molar-refractivity contribution in [1.29, 1.82) is 0 Å². The summed E-state index contributed by atoms with van der Waals surface area (Å²) in [7, 11) is -4.18. The molecule has 0 aliphatic heterocycles. The van der Waals surface area contributed by atoms with Gasteiger partial charge in [0.05, 0.1) is 22.7 Å². The number of aromatic nitrogens is 4. The van der Waals surface area contributed by atoms with Gasteiger partial charge in [-0.2, -0.15) is 17.9 Å². The highest BCUT2D eigenvalue weighted by atomic mass is 32.2. The summed E-state index contributed by atoms with van der Waals surface area (Å²) in [5.41, 5.74) is 0.604. The molecule has 7 nitrogen and oxygen atoms in total. The van der Waals surface area contributed by atoms with Crippen LogP contribution in [0.5, 0.6) is 0 Å². The van der Waals surface area contributed by atoms with Gasteiger partial charge in [0.15, 0.2) is 5.82 Å².